The summed E-state index contributed by atoms with van der Waals surface area (Å²) in [7, 11) is 0. The second kappa shape index (κ2) is 2.20. The van der Waals surface area contributed by atoms with Gasteiger partial charge in [0.05, 0.1) is 4.47 Å². The van der Waals surface area contributed by atoms with Crippen molar-refractivity contribution in [2.75, 3.05) is 0 Å². The van der Waals surface area contributed by atoms with Gasteiger partial charge in [-0.15, -0.1) is 0 Å². The van der Waals surface area contributed by atoms with Crippen LogP contribution in [0.25, 0.3) is 5.52 Å². The first-order chi connectivity index (χ1) is 5.29. The summed E-state index contributed by atoms with van der Waals surface area (Å²) >= 11 is 3.24. The highest BCUT2D eigenvalue weighted by Gasteiger charge is 2.02. The van der Waals surface area contributed by atoms with Gasteiger partial charge in [-0.1, -0.05) is 0 Å². The lowest BCUT2D eigenvalue weighted by Crippen LogP contribution is -2.09. The minimum atomic E-state index is -0.142. The van der Waals surface area contributed by atoms with Gasteiger partial charge in [0.15, 0.2) is 0 Å². The molecule has 0 spiro atoms. The maximum Gasteiger partial charge on any atom is 0.276 e. The molecule has 2 rings (SSSR count). The molecule has 0 amide bonds. The van der Waals surface area contributed by atoms with Crippen LogP contribution in [0.1, 0.15) is 0 Å². The Kier molecular flexibility index (Phi) is 1.32. The Morgan fingerprint density at radius 2 is 2.45 bits per heavy atom. The van der Waals surface area contributed by atoms with Gasteiger partial charge in [-0.25, -0.2) is 4.52 Å². The van der Waals surface area contributed by atoms with E-state index in [9.17, 15) is 4.79 Å². The van der Waals surface area contributed by atoms with E-state index in [0.29, 0.717) is 5.52 Å². The average molecular weight is 214 g/mol. The van der Waals surface area contributed by atoms with Crippen LogP contribution in [0.5, 0.6) is 0 Å². The topological polar surface area (TPSA) is 50.2 Å². The van der Waals surface area contributed by atoms with E-state index in [1.165, 1.54) is 10.8 Å². The molecule has 0 fully saturated rings. The Morgan fingerprint density at radius 3 is 3.18 bits per heavy atom. The quantitative estimate of drug-likeness (QED) is 0.704. The zero-order valence-corrected chi connectivity index (χ0v) is 7.00. The lowest BCUT2D eigenvalue weighted by Gasteiger charge is -1.89. The normalized spacial score (nSPS) is 10.6. The Hall–Kier alpha value is -1.10. The number of nitrogens with one attached hydrogen (secondary N) is 1. The van der Waals surface area contributed by atoms with Crippen molar-refractivity contribution in [3.63, 3.8) is 0 Å². The zero-order chi connectivity index (χ0) is 7.84. The molecule has 2 heterocycles. The Balaban J connectivity index is 3.08. The summed E-state index contributed by atoms with van der Waals surface area (Å²) in [6.07, 6.45) is 3.08. The van der Waals surface area contributed by atoms with Crippen LogP contribution in [-0.4, -0.2) is 14.6 Å². The van der Waals surface area contributed by atoms with Crippen molar-refractivity contribution in [3.05, 3.63) is 33.4 Å². The number of aromatic nitrogens is 3. The van der Waals surface area contributed by atoms with Crippen molar-refractivity contribution in [3.8, 4) is 0 Å². The number of aromatic amines is 1. The van der Waals surface area contributed by atoms with E-state index in [1.54, 1.807) is 12.3 Å². The Bertz CT molecular complexity index is 444. The van der Waals surface area contributed by atoms with Crippen molar-refractivity contribution >= 4 is 21.4 Å². The maximum atomic E-state index is 11.1. The van der Waals surface area contributed by atoms with Crippen molar-refractivity contribution in [2.45, 2.75) is 0 Å². The van der Waals surface area contributed by atoms with Crippen LogP contribution >= 0.6 is 15.9 Å². The number of halogens is 1. The average Bonchev–Trinajstić information content (AvgIpc) is 2.34. The third kappa shape index (κ3) is 0.883. The van der Waals surface area contributed by atoms with E-state index in [-0.39, 0.29) is 5.56 Å². The fourth-order valence-corrected chi connectivity index (χ4v) is 1.41. The van der Waals surface area contributed by atoms with Crippen LogP contribution in [0.4, 0.5) is 0 Å². The highest BCUT2D eigenvalue weighted by molar-refractivity contribution is 9.10. The van der Waals surface area contributed by atoms with E-state index in [0.717, 1.165) is 4.47 Å². The molecule has 0 aliphatic heterocycles. The zero-order valence-electron chi connectivity index (χ0n) is 5.41. The molecule has 2 aromatic heterocycles. The summed E-state index contributed by atoms with van der Waals surface area (Å²) in [6.45, 7) is 0. The lowest BCUT2D eigenvalue weighted by molar-refractivity contribution is 0.888. The Morgan fingerprint density at radius 1 is 1.64 bits per heavy atom. The molecule has 0 atom stereocenters. The van der Waals surface area contributed by atoms with Gasteiger partial charge in [-0.3, -0.25) is 4.79 Å². The highest BCUT2D eigenvalue weighted by atomic mass is 79.9. The molecule has 0 aromatic carbocycles. The summed E-state index contributed by atoms with van der Waals surface area (Å²) in [5.74, 6) is 0. The molecule has 0 aliphatic rings. The molecule has 56 valence electrons. The molecule has 1 N–H and O–H groups in total. The van der Waals surface area contributed by atoms with E-state index in [2.05, 4.69) is 26.0 Å². The van der Waals surface area contributed by atoms with Gasteiger partial charge in [0.2, 0.25) is 0 Å². The molecular formula is C6H4BrN3O. The van der Waals surface area contributed by atoms with Gasteiger partial charge in [-0.05, 0) is 22.0 Å². The van der Waals surface area contributed by atoms with Gasteiger partial charge in [0.25, 0.3) is 5.56 Å². The van der Waals surface area contributed by atoms with Gasteiger partial charge in [0.1, 0.15) is 11.8 Å². The SMILES string of the molecule is O=c1[nH]cnn2ccc(Br)c12. The summed E-state index contributed by atoms with van der Waals surface area (Å²) in [5, 5.41) is 3.89. The molecule has 5 heteroatoms. The van der Waals surface area contributed by atoms with Crippen molar-refractivity contribution in [1.29, 1.82) is 0 Å². The predicted molar refractivity (Wildman–Crippen MR) is 43.5 cm³/mol. The first-order valence-electron chi connectivity index (χ1n) is 2.99. The summed E-state index contributed by atoms with van der Waals surface area (Å²) < 4.78 is 2.27. The number of H-pyrrole nitrogens is 1. The molecule has 0 radical (unpaired) electrons. The largest absolute Gasteiger partial charge is 0.310 e. The molecular weight excluding hydrogens is 210 g/mol. The molecule has 0 aliphatic carbocycles. The van der Waals surface area contributed by atoms with Crippen LogP contribution in [0.2, 0.25) is 0 Å². The minimum Gasteiger partial charge on any atom is -0.310 e. The number of rotatable bonds is 0. The third-order valence-corrected chi connectivity index (χ3v) is 2.05. The summed E-state index contributed by atoms with van der Waals surface area (Å²) in [4.78, 5) is 13.6. The van der Waals surface area contributed by atoms with E-state index >= 15 is 0 Å². The number of nitrogens with zero attached hydrogens (tertiary/aromatic N) is 2. The van der Waals surface area contributed by atoms with E-state index < -0.39 is 0 Å². The second-order valence-electron chi connectivity index (χ2n) is 2.07. The highest BCUT2D eigenvalue weighted by Crippen LogP contribution is 2.13. The molecule has 4 nitrogen and oxygen atoms in total. The van der Waals surface area contributed by atoms with Crippen LogP contribution in [0, 0.1) is 0 Å². The van der Waals surface area contributed by atoms with Crippen LogP contribution in [-0.2, 0) is 0 Å². The first kappa shape index (κ1) is 6.60. The van der Waals surface area contributed by atoms with Crippen LogP contribution in [0.3, 0.4) is 0 Å². The van der Waals surface area contributed by atoms with Gasteiger partial charge in [-0.2, -0.15) is 5.10 Å². The monoisotopic (exact) mass is 213 g/mol. The molecule has 11 heavy (non-hydrogen) atoms. The van der Waals surface area contributed by atoms with Crippen LogP contribution in [0.15, 0.2) is 27.9 Å². The standard InChI is InChI=1S/C6H4BrN3O/c7-4-1-2-10-5(4)6(11)8-3-9-10/h1-3H,(H,8,9,11). The molecule has 0 unspecified atom stereocenters. The molecule has 2 aromatic rings. The van der Waals surface area contributed by atoms with Crippen molar-refractivity contribution < 1.29 is 0 Å². The van der Waals surface area contributed by atoms with Crippen molar-refractivity contribution in [2.24, 2.45) is 0 Å². The van der Waals surface area contributed by atoms with Crippen molar-refractivity contribution in [1.82, 2.24) is 14.6 Å². The number of hydrogen-bond acceptors (Lipinski definition) is 2. The summed E-state index contributed by atoms with van der Waals surface area (Å²) in [5.41, 5.74) is 0.393. The van der Waals surface area contributed by atoms with E-state index in [1.807, 2.05) is 0 Å². The fourth-order valence-electron chi connectivity index (χ4n) is 0.926. The smallest absolute Gasteiger partial charge is 0.276 e. The second-order valence-corrected chi connectivity index (χ2v) is 2.93. The van der Waals surface area contributed by atoms with Gasteiger partial charge in [0, 0.05) is 6.20 Å². The summed E-state index contributed by atoms with van der Waals surface area (Å²) in [6, 6.07) is 1.78. The first-order valence-corrected chi connectivity index (χ1v) is 3.79. The third-order valence-electron chi connectivity index (χ3n) is 1.41. The Labute approximate surface area is 70.0 Å². The minimum absolute atomic E-state index is 0.142. The molecule has 0 bridgehead atoms. The van der Waals surface area contributed by atoms with Gasteiger partial charge < -0.3 is 4.98 Å². The van der Waals surface area contributed by atoms with Gasteiger partial charge >= 0.3 is 0 Å². The van der Waals surface area contributed by atoms with E-state index in [4.69, 9.17) is 0 Å². The maximum absolute atomic E-state index is 11.1. The lowest BCUT2D eigenvalue weighted by atomic mass is 10.5. The predicted octanol–water partition coefficient (Wildman–Crippen LogP) is 0.785. The number of fused-ring (bicyclic) bond motifs is 1. The fraction of sp³-hybridized carbons (Fsp3) is 0. The number of hydrogen-bond donors (Lipinski definition) is 1. The molecule has 0 saturated carbocycles. The van der Waals surface area contributed by atoms with Crippen LogP contribution < -0.4 is 5.56 Å². The molecule has 0 saturated heterocycles.